The Labute approximate surface area is 132 Å². The fourth-order valence-corrected chi connectivity index (χ4v) is 2.93. The highest BCUT2D eigenvalue weighted by Gasteiger charge is 2.48. The first-order valence-corrected chi connectivity index (χ1v) is 7.05. The maximum Gasteiger partial charge on any atom is 0.283 e. The highest BCUT2D eigenvalue weighted by molar-refractivity contribution is 5.76. The maximum atomic E-state index is 5.91. The van der Waals surface area contributed by atoms with Gasteiger partial charge in [-0.1, -0.05) is 0 Å². The lowest BCUT2D eigenvalue weighted by Crippen LogP contribution is -2.31. The molecule has 2 N–H and O–H groups in total. The number of rotatable bonds is 2. The summed E-state index contributed by atoms with van der Waals surface area (Å²) in [6.07, 6.45) is 1.60. The quantitative estimate of drug-likeness (QED) is 0.909. The lowest BCUT2D eigenvalue weighted by atomic mass is 9.82. The summed E-state index contributed by atoms with van der Waals surface area (Å²) in [6, 6.07) is 7.51. The number of methoxy groups -OCH3 is 2. The van der Waals surface area contributed by atoms with Crippen molar-refractivity contribution in [3.8, 4) is 23.1 Å². The largest absolute Gasteiger partial charge is 0.497 e. The monoisotopic (exact) mass is 313 g/mol. The predicted octanol–water partition coefficient (Wildman–Crippen LogP) is 1.79. The van der Waals surface area contributed by atoms with Gasteiger partial charge in [0.1, 0.15) is 23.9 Å². The highest BCUT2D eigenvalue weighted by Crippen LogP contribution is 2.51. The molecule has 7 nitrogen and oxygen atoms in total. The van der Waals surface area contributed by atoms with E-state index in [1.54, 1.807) is 20.4 Å². The van der Waals surface area contributed by atoms with Crippen LogP contribution in [-0.4, -0.2) is 31.8 Å². The fraction of sp³-hybridized carbons (Fsp3) is 0.250. The van der Waals surface area contributed by atoms with Crippen LogP contribution in [0.2, 0.25) is 0 Å². The number of ether oxygens (including phenoxy) is 4. The summed E-state index contributed by atoms with van der Waals surface area (Å²) in [7, 11) is 3.19. The average Bonchev–Trinajstić information content (AvgIpc) is 2.97. The second-order valence-electron chi connectivity index (χ2n) is 5.29. The van der Waals surface area contributed by atoms with E-state index in [1.165, 1.54) is 0 Å². The standard InChI is InChI=1S/C16H15N3O4/c1-20-9-3-4-13-11(5-9)16(8-22-15(17)19-16)12-6-10(21-2)7-18-14(12)23-13/h3-7H,8H2,1-2H3,(H2,17,19). The van der Waals surface area contributed by atoms with Crippen LogP contribution in [0.5, 0.6) is 23.1 Å². The van der Waals surface area contributed by atoms with Gasteiger partial charge in [-0.15, -0.1) is 0 Å². The van der Waals surface area contributed by atoms with Crippen LogP contribution in [0.1, 0.15) is 11.1 Å². The van der Waals surface area contributed by atoms with Crippen LogP contribution >= 0.6 is 0 Å². The van der Waals surface area contributed by atoms with E-state index in [4.69, 9.17) is 24.7 Å². The number of hydrogen-bond donors (Lipinski definition) is 1. The van der Waals surface area contributed by atoms with E-state index in [1.807, 2.05) is 24.3 Å². The Morgan fingerprint density at radius 1 is 1.13 bits per heavy atom. The number of fused-ring (bicyclic) bond motifs is 4. The van der Waals surface area contributed by atoms with Gasteiger partial charge in [0.15, 0.2) is 5.54 Å². The topological polar surface area (TPSA) is 88.2 Å². The second-order valence-corrected chi connectivity index (χ2v) is 5.29. The molecule has 1 aromatic heterocycles. The SMILES string of the molecule is COc1ccc2c(c1)C1(COC(N)=N1)c1cc(OC)cnc1O2. The van der Waals surface area contributed by atoms with E-state index in [9.17, 15) is 0 Å². The van der Waals surface area contributed by atoms with E-state index < -0.39 is 5.54 Å². The zero-order chi connectivity index (χ0) is 16.0. The van der Waals surface area contributed by atoms with E-state index in [0.29, 0.717) is 23.1 Å². The molecule has 1 aromatic carbocycles. The third-order valence-corrected chi connectivity index (χ3v) is 4.08. The third kappa shape index (κ3) is 1.89. The first-order valence-electron chi connectivity index (χ1n) is 7.05. The number of benzene rings is 1. The van der Waals surface area contributed by atoms with Gasteiger partial charge >= 0.3 is 0 Å². The molecule has 1 atom stereocenters. The van der Waals surface area contributed by atoms with Crippen LogP contribution in [0.4, 0.5) is 0 Å². The zero-order valence-corrected chi connectivity index (χ0v) is 12.7. The molecular weight excluding hydrogens is 298 g/mol. The van der Waals surface area contributed by atoms with Crippen molar-refractivity contribution < 1.29 is 18.9 Å². The number of nitrogens with two attached hydrogens (primary N) is 1. The van der Waals surface area contributed by atoms with Gasteiger partial charge in [-0.3, -0.25) is 0 Å². The summed E-state index contributed by atoms with van der Waals surface area (Å²) in [6.45, 7) is 0.268. The van der Waals surface area contributed by atoms with Crippen LogP contribution in [0.3, 0.4) is 0 Å². The Kier molecular flexibility index (Phi) is 2.84. The number of aliphatic imine (C=N–C) groups is 1. The van der Waals surface area contributed by atoms with E-state index >= 15 is 0 Å². The summed E-state index contributed by atoms with van der Waals surface area (Å²) in [5, 5.41) is 0. The van der Waals surface area contributed by atoms with Gasteiger partial charge in [0.2, 0.25) is 5.88 Å². The molecule has 0 saturated heterocycles. The molecular formula is C16H15N3O4. The van der Waals surface area contributed by atoms with Crippen molar-refractivity contribution in [3.05, 3.63) is 41.6 Å². The van der Waals surface area contributed by atoms with E-state index in [-0.39, 0.29) is 12.6 Å². The Bertz CT molecular complexity index is 765. The molecule has 4 rings (SSSR count). The average molecular weight is 313 g/mol. The molecule has 2 aromatic rings. The number of nitrogens with zero attached hydrogens (tertiary/aromatic N) is 2. The molecule has 2 aliphatic rings. The first-order chi connectivity index (χ1) is 11.2. The predicted molar refractivity (Wildman–Crippen MR) is 82.2 cm³/mol. The van der Waals surface area contributed by atoms with Gasteiger partial charge in [-0.2, -0.15) is 0 Å². The summed E-state index contributed by atoms with van der Waals surface area (Å²) in [5.41, 5.74) is 6.55. The summed E-state index contributed by atoms with van der Waals surface area (Å²) < 4.78 is 22.0. The molecule has 0 radical (unpaired) electrons. The molecule has 118 valence electrons. The normalized spacial score (nSPS) is 20.9. The third-order valence-electron chi connectivity index (χ3n) is 4.08. The Balaban J connectivity index is 1.99. The van der Waals surface area contributed by atoms with Crippen LogP contribution in [0, 0.1) is 0 Å². The Morgan fingerprint density at radius 2 is 1.91 bits per heavy atom. The molecule has 7 heteroatoms. The van der Waals surface area contributed by atoms with Crippen LogP contribution in [0.15, 0.2) is 35.5 Å². The fourth-order valence-electron chi connectivity index (χ4n) is 2.93. The van der Waals surface area contributed by atoms with Gasteiger partial charge in [0.25, 0.3) is 6.02 Å². The van der Waals surface area contributed by atoms with Crippen molar-refractivity contribution in [3.63, 3.8) is 0 Å². The Morgan fingerprint density at radius 3 is 2.61 bits per heavy atom. The van der Waals surface area contributed by atoms with Crippen molar-refractivity contribution in [2.75, 3.05) is 20.8 Å². The van der Waals surface area contributed by atoms with Gasteiger partial charge in [-0.25, -0.2) is 9.98 Å². The zero-order valence-electron chi connectivity index (χ0n) is 12.7. The van der Waals surface area contributed by atoms with Gasteiger partial charge in [0.05, 0.1) is 26.0 Å². The molecule has 0 amide bonds. The second kappa shape index (κ2) is 4.77. The number of amidine groups is 1. The van der Waals surface area contributed by atoms with Gasteiger partial charge < -0.3 is 24.7 Å². The summed E-state index contributed by atoms with van der Waals surface area (Å²) in [4.78, 5) is 8.89. The molecule has 1 spiro atoms. The van der Waals surface area contributed by atoms with Crippen LogP contribution < -0.4 is 19.9 Å². The van der Waals surface area contributed by atoms with Crippen LogP contribution in [-0.2, 0) is 10.3 Å². The minimum absolute atomic E-state index is 0.134. The minimum atomic E-state index is -0.816. The highest BCUT2D eigenvalue weighted by atomic mass is 16.5. The molecule has 0 aliphatic carbocycles. The lowest BCUT2D eigenvalue weighted by Gasteiger charge is -2.32. The Hall–Kier alpha value is -2.96. The number of hydrogen-bond acceptors (Lipinski definition) is 7. The summed E-state index contributed by atoms with van der Waals surface area (Å²) >= 11 is 0. The molecule has 0 bridgehead atoms. The molecule has 0 saturated carbocycles. The molecule has 3 heterocycles. The maximum absolute atomic E-state index is 5.91. The van der Waals surface area contributed by atoms with Crippen LogP contribution in [0.25, 0.3) is 0 Å². The smallest absolute Gasteiger partial charge is 0.283 e. The first kappa shape index (κ1) is 13.7. The van der Waals surface area contributed by atoms with Gasteiger partial charge in [0, 0.05) is 5.56 Å². The lowest BCUT2D eigenvalue weighted by molar-refractivity contribution is 0.261. The minimum Gasteiger partial charge on any atom is -0.497 e. The van der Waals surface area contributed by atoms with Crippen molar-refractivity contribution in [1.82, 2.24) is 4.98 Å². The van der Waals surface area contributed by atoms with Crippen molar-refractivity contribution in [2.24, 2.45) is 10.7 Å². The van der Waals surface area contributed by atoms with E-state index in [2.05, 4.69) is 9.98 Å². The number of pyridine rings is 1. The van der Waals surface area contributed by atoms with Gasteiger partial charge in [-0.05, 0) is 24.3 Å². The molecule has 2 aliphatic heterocycles. The van der Waals surface area contributed by atoms with E-state index in [0.717, 1.165) is 11.1 Å². The summed E-state index contributed by atoms with van der Waals surface area (Å²) in [5.74, 6) is 2.42. The van der Waals surface area contributed by atoms with Crippen molar-refractivity contribution in [1.29, 1.82) is 0 Å². The van der Waals surface area contributed by atoms with Crippen molar-refractivity contribution >= 4 is 6.02 Å². The molecule has 0 fully saturated rings. The number of aromatic nitrogens is 1. The van der Waals surface area contributed by atoms with Crippen molar-refractivity contribution in [2.45, 2.75) is 5.54 Å². The molecule has 23 heavy (non-hydrogen) atoms. The molecule has 1 unspecified atom stereocenters.